The summed E-state index contributed by atoms with van der Waals surface area (Å²) in [5, 5.41) is 11.4. The number of nitro benzene ring substituents is 1. The molecule has 25 heavy (non-hydrogen) atoms. The number of piperidine rings is 1. The molecule has 0 saturated carbocycles. The highest BCUT2D eigenvalue weighted by atomic mass is 35.5. The van der Waals surface area contributed by atoms with Gasteiger partial charge in [-0.15, -0.1) is 0 Å². The number of ether oxygens (including phenoxy) is 1. The second-order valence-electron chi connectivity index (χ2n) is 5.84. The lowest BCUT2D eigenvalue weighted by Gasteiger charge is -2.33. The largest absolute Gasteiger partial charge is 0.481 e. The third-order valence-electron chi connectivity index (χ3n) is 4.11. The molecule has 3 rings (SSSR count). The van der Waals surface area contributed by atoms with E-state index >= 15 is 0 Å². The number of hydrogen-bond donors (Lipinski definition) is 0. The molecule has 0 bridgehead atoms. The van der Waals surface area contributed by atoms with Crippen molar-refractivity contribution in [3.8, 4) is 5.75 Å². The third kappa shape index (κ3) is 3.91. The summed E-state index contributed by atoms with van der Waals surface area (Å²) in [7, 11) is 0. The fraction of sp³-hybridized carbons (Fsp3) is 0.278. The van der Waals surface area contributed by atoms with Gasteiger partial charge in [0, 0.05) is 18.2 Å². The summed E-state index contributed by atoms with van der Waals surface area (Å²) in [6, 6.07) is 13.5. The lowest BCUT2D eigenvalue weighted by molar-refractivity contribution is -0.386. The van der Waals surface area contributed by atoms with E-state index in [4.69, 9.17) is 16.3 Å². The Morgan fingerprint density at radius 1 is 1.20 bits per heavy atom. The van der Waals surface area contributed by atoms with Crippen molar-refractivity contribution >= 4 is 23.2 Å². The first-order valence-electron chi connectivity index (χ1n) is 8.00. The summed E-state index contributed by atoms with van der Waals surface area (Å²) in [5.41, 5.74) is 0.450. The molecule has 130 valence electrons. The van der Waals surface area contributed by atoms with Crippen molar-refractivity contribution in [1.82, 2.24) is 4.90 Å². The highest BCUT2D eigenvalue weighted by Crippen LogP contribution is 2.36. The molecular formula is C18H17ClN2O4. The van der Waals surface area contributed by atoms with Crippen molar-refractivity contribution in [2.45, 2.75) is 18.9 Å². The molecule has 1 saturated heterocycles. The zero-order valence-electron chi connectivity index (χ0n) is 13.4. The normalized spacial score (nSPS) is 17.2. The van der Waals surface area contributed by atoms with Gasteiger partial charge in [0.1, 0.15) is 6.10 Å². The van der Waals surface area contributed by atoms with Gasteiger partial charge in [-0.25, -0.2) is 0 Å². The SMILES string of the molecule is O=C(c1ccccc1)N1CCCC(Oc2c(Cl)cccc2[N+](=O)[O-])C1. The number of likely N-dealkylation sites (tertiary alicyclic amines) is 1. The molecule has 1 amide bonds. The smallest absolute Gasteiger partial charge is 0.312 e. The highest BCUT2D eigenvalue weighted by Gasteiger charge is 2.28. The molecule has 6 nitrogen and oxygen atoms in total. The number of nitrogens with zero attached hydrogens (tertiary/aromatic N) is 2. The van der Waals surface area contributed by atoms with E-state index in [0.29, 0.717) is 25.1 Å². The minimum Gasteiger partial charge on any atom is -0.481 e. The van der Waals surface area contributed by atoms with Crippen LogP contribution in [0.25, 0.3) is 0 Å². The molecule has 1 unspecified atom stereocenters. The number of carbonyl (C=O) groups excluding carboxylic acids is 1. The number of amides is 1. The van der Waals surface area contributed by atoms with Crippen molar-refractivity contribution in [3.63, 3.8) is 0 Å². The fourth-order valence-corrected chi connectivity index (χ4v) is 3.12. The second-order valence-corrected chi connectivity index (χ2v) is 6.25. The minimum atomic E-state index is -0.517. The molecular weight excluding hydrogens is 344 g/mol. The number of carbonyl (C=O) groups is 1. The Morgan fingerprint density at radius 3 is 2.68 bits per heavy atom. The van der Waals surface area contributed by atoms with Gasteiger partial charge in [0.2, 0.25) is 5.75 Å². The van der Waals surface area contributed by atoms with Crippen LogP contribution in [0, 0.1) is 10.1 Å². The number of rotatable bonds is 4. The van der Waals surface area contributed by atoms with Gasteiger partial charge in [0.05, 0.1) is 16.5 Å². The number of benzene rings is 2. The van der Waals surface area contributed by atoms with E-state index in [-0.39, 0.29) is 28.5 Å². The van der Waals surface area contributed by atoms with Crippen LogP contribution in [0.5, 0.6) is 5.75 Å². The van der Waals surface area contributed by atoms with E-state index in [1.807, 2.05) is 18.2 Å². The van der Waals surface area contributed by atoms with E-state index in [1.165, 1.54) is 12.1 Å². The van der Waals surface area contributed by atoms with Crippen LogP contribution in [-0.2, 0) is 0 Å². The Labute approximate surface area is 150 Å². The lowest BCUT2D eigenvalue weighted by atomic mass is 10.1. The van der Waals surface area contributed by atoms with Crippen LogP contribution in [0.1, 0.15) is 23.2 Å². The highest BCUT2D eigenvalue weighted by molar-refractivity contribution is 6.32. The summed E-state index contributed by atoms with van der Waals surface area (Å²) in [5.74, 6) is -0.00395. The molecule has 2 aromatic rings. The second kappa shape index (κ2) is 7.53. The van der Waals surface area contributed by atoms with E-state index in [9.17, 15) is 14.9 Å². The van der Waals surface area contributed by atoms with Gasteiger partial charge in [-0.3, -0.25) is 14.9 Å². The summed E-state index contributed by atoms with van der Waals surface area (Å²) >= 11 is 6.08. The Hall–Kier alpha value is -2.60. The molecule has 0 spiro atoms. The van der Waals surface area contributed by atoms with Crippen LogP contribution >= 0.6 is 11.6 Å². The van der Waals surface area contributed by atoms with Crippen molar-refractivity contribution < 1.29 is 14.5 Å². The number of para-hydroxylation sites is 1. The zero-order valence-corrected chi connectivity index (χ0v) is 14.2. The standard InChI is InChI=1S/C18H17ClN2O4/c19-15-9-4-10-16(21(23)24)17(15)25-14-8-5-11-20(12-14)18(22)13-6-2-1-3-7-13/h1-4,6-7,9-10,14H,5,8,11-12H2. The number of nitro groups is 1. The van der Waals surface area contributed by atoms with E-state index in [1.54, 1.807) is 23.1 Å². The number of halogens is 1. The quantitative estimate of drug-likeness (QED) is 0.611. The molecule has 0 aliphatic carbocycles. The molecule has 1 aliphatic rings. The summed E-state index contributed by atoms with van der Waals surface area (Å²) < 4.78 is 5.83. The predicted molar refractivity (Wildman–Crippen MR) is 94.1 cm³/mol. The first kappa shape index (κ1) is 17.2. The Morgan fingerprint density at radius 2 is 1.96 bits per heavy atom. The van der Waals surface area contributed by atoms with Crippen LogP contribution in [0.3, 0.4) is 0 Å². The van der Waals surface area contributed by atoms with E-state index in [2.05, 4.69) is 0 Å². The average Bonchev–Trinajstić information content (AvgIpc) is 2.63. The van der Waals surface area contributed by atoms with Crippen LogP contribution in [0.4, 0.5) is 5.69 Å². The summed E-state index contributed by atoms with van der Waals surface area (Å²) in [6.45, 7) is 1.01. The maximum Gasteiger partial charge on any atom is 0.312 e. The number of hydrogen-bond acceptors (Lipinski definition) is 4. The maximum absolute atomic E-state index is 12.6. The van der Waals surface area contributed by atoms with Gasteiger partial charge in [0.25, 0.3) is 5.91 Å². The van der Waals surface area contributed by atoms with Crippen molar-refractivity contribution in [2.24, 2.45) is 0 Å². The van der Waals surface area contributed by atoms with Gasteiger partial charge in [-0.1, -0.05) is 35.9 Å². The van der Waals surface area contributed by atoms with E-state index in [0.717, 1.165) is 6.42 Å². The van der Waals surface area contributed by atoms with Crippen molar-refractivity contribution in [3.05, 3.63) is 69.2 Å². The molecule has 1 aliphatic heterocycles. The fourth-order valence-electron chi connectivity index (χ4n) is 2.91. The van der Waals surface area contributed by atoms with E-state index < -0.39 is 4.92 Å². The molecule has 1 heterocycles. The van der Waals surface area contributed by atoms with Crippen molar-refractivity contribution in [2.75, 3.05) is 13.1 Å². The Balaban J connectivity index is 1.75. The minimum absolute atomic E-state index is 0.0631. The average molecular weight is 361 g/mol. The summed E-state index contributed by atoms with van der Waals surface area (Å²) in [6.07, 6.45) is 1.14. The van der Waals surface area contributed by atoms with Gasteiger partial charge in [-0.2, -0.15) is 0 Å². The maximum atomic E-state index is 12.6. The first-order chi connectivity index (χ1) is 12.1. The molecule has 0 aromatic heterocycles. The van der Waals surface area contributed by atoms with Gasteiger partial charge < -0.3 is 9.64 Å². The lowest BCUT2D eigenvalue weighted by Crippen LogP contribution is -2.44. The van der Waals surface area contributed by atoms with Gasteiger partial charge in [0.15, 0.2) is 0 Å². The van der Waals surface area contributed by atoms with Crippen LogP contribution in [0.2, 0.25) is 5.02 Å². The van der Waals surface area contributed by atoms with Gasteiger partial charge >= 0.3 is 5.69 Å². The first-order valence-corrected chi connectivity index (χ1v) is 8.38. The molecule has 2 aromatic carbocycles. The van der Waals surface area contributed by atoms with Gasteiger partial charge in [-0.05, 0) is 31.0 Å². The zero-order chi connectivity index (χ0) is 17.8. The van der Waals surface area contributed by atoms with Crippen molar-refractivity contribution in [1.29, 1.82) is 0 Å². The van der Waals surface area contributed by atoms with Crippen LogP contribution < -0.4 is 4.74 Å². The molecule has 1 atom stereocenters. The summed E-state index contributed by atoms with van der Waals surface area (Å²) in [4.78, 5) is 24.9. The topological polar surface area (TPSA) is 72.7 Å². The Kier molecular flexibility index (Phi) is 5.19. The predicted octanol–water partition coefficient (Wildman–Crippen LogP) is 3.93. The van der Waals surface area contributed by atoms with Crippen LogP contribution in [0.15, 0.2) is 48.5 Å². The molecule has 0 N–H and O–H groups in total. The van der Waals surface area contributed by atoms with Crippen LogP contribution in [-0.4, -0.2) is 34.9 Å². The molecule has 7 heteroatoms. The Bertz CT molecular complexity index is 782. The third-order valence-corrected chi connectivity index (χ3v) is 4.41. The molecule has 1 fully saturated rings. The molecule has 0 radical (unpaired) electrons. The monoisotopic (exact) mass is 360 g/mol.